The van der Waals surface area contributed by atoms with E-state index >= 15 is 0 Å². The molecule has 2 rings (SSSR count). The number of aliphatic hydroxyl groups is 2. The number of nitrogens with zero attached hydrogens (tertiary/aromatic N) is 2. The quantitative estimate of drug-likeness (QED) is 0.796. The van der Waals surface area contributed by atoms with Crippen LogP contribution in [-0.2, 0) is 4.79 Å². The van der Waals surface area contributed by atoms with Crippen LogP contribution in [0.1, 0.15) is 12.5 Å². The summed E-state index contributed by atoms with van der Waals surface area (Å²) in [4.78, 5) is 18.1. The highest BCUT2D eigenvalue weighted by Gasteiger charge is 2.25. The number of benzene rings is 1. The minimum absolute atomic E-state index is 0.182. The molecule has 2 N–H and O–H groups in total. The monoisotopic (exact) mass is 314 g/mol. The Morgan fingerprint density at radius 1 is 1.26 bits per heavy atom. The van der Waals surface area contributed by atoms with Crippen molar-refractivity contribution in [3.8, 4) is 0 Å². The predicted octanol–water partition coefficient (Wildman–Crippen LogP) is 1.70. The van der Waals surface area contributed by atoms with Crippen molar-refractivity contribution in [2.24, 2.45) is 5.41 Å². The molecule has 5 nitrogen and oxygen atoms in total. The third-order valence-corrected chi connectivity index (χ3v) is 3.83. The minimum atomic E-state index is -0.709. The summed E-state index contributed by atoms with van der Waals surface area (Å²) in [5, 5.41) is 19.7. The summed E-state index contributed by atoms with van der Waals surface area (Å²) >= 11 is 0. The van der Waals surface area contributed by atoms with E-state index in [1.807, 2.05) is 30.3 Å². The number of fused-ring (bicyclic) bond motifs is 1. The topological polar surface area (TPSA) is 73.7 Å². The third kappa shape index (κ3) is 4.15. The number of carbonyl (C=O) groups is 1. The van der Waals surface area contributed by atoms with Crippen molar-refractivity contribution in [1.29, 1.82) is 0 Å². The highest BCUT2D eigenvalue weighted by molar-refractivity contribution is 5.95. The Labute approximate surface area is 135 Å². The zero-order chi connectivity index (χ0) is 16.9. The standard InChI is InChI=1S/C18H22N2O3/c1-18(12-21,13-22)11-20(2)16(23)9-8-15-6-3-5-14-7-4-10-19-17(14)15/h3-10,21-22H,11-13H2,1-2H3/b9-8+. The molecule has 0 aliphatic rings. The van der Waals surface area contributed by atoms with Crippen molar-refractivity contribution in [2.75, 3.05) is 26.8 Å². The Bertz CT molecular complexity index is 703. The molecule has 0 saturated heterocycles. The van der Waals surface area contributed by atoms with Gasteiger partial charge < -0.3 is 15.1 Å². The van der Waals surface area contributed by atoms with Crippen LogP contribution in [0, 0.1) is 5.41 Å². The fourth-order valence-electron chi connectivity index (χ4n) is 2.35. The van der Waals surface area contributed by atoms with Gasteiger partial charge in [0.2, 0.25) is 5.91 Å². The fraction of sp³-hybridized carbons (Fsp3) is 0.333. The van der Waals surface area contributed by atoms with Crippen LogP contribution >= 0.6 is 0 Å². The predicted molar refractivity (Wildman–Crippen MR) is 90.7 cm³/mol. The summed E-state index contributed by atoms with van der Waals surface area (Å²) in [6.45, 7) is 1.64. The van der Waals surface area contributed by atoms with Gasteiger partial charge in [-0.15, -0.1) is 0 Å². The van der Waals surface area contributed by atoms with Crippen LogP contribution in [0.15, 0.2) is 42.6 Å². The SMILES string of the molecule is CN(CC(C)(CO)CO)C(=O)/C=C/c1cccc2cccnc12. The Kier molecular flexibility index (Phi) is 5.47. The molecule has 0 radical (unpaired) electrons. The number of aromatic nitrogens is 1. The highest BCUT2D eigenvalue weighted by atomic mass is 16.3. The van der Waals surface area contributed by atoms with Crippen molar-refractivity contribution in [3.63, 3.8) is 0 Å². The number of hydrogen-bond acceptors (Lipinski definition) is 4. The normalized spacial score (nSPS) is 12.0. The molecule has 1 heterocycles. The molecule has 0 spiro atoms. The summed E-state index contributed by atoms with van der Waals surface area (Å²) in [5.41, 5.74) is 1.01. The highest BCUT2D eigenvalue weighted by Crippen LogP contribution is 2.18. The lowest BCUT2D eigenvalue weighted by Crippen LogP contribution is -2.41. The van der Waals surface area contributed by atoms with E-state index in [9.17, 15) is 15.0 Å². The molecule has 5 heteroatoms. The van der Waals surface area contributed by atoms with Gasteiger partial charge in [-0.2, -0.15) is 0 Å². The van der Waals surface area contributed by atoms with Crippen LogP contribution in [0.3, 0.4) is 0 Å². The van der Waals surface area contributed by atoms with Crippen LogP contribution in [0.5, 0.6) is 0 Å². The van der Waals surface area contributed by atoms with Crippen molar-refractivity contribution >= 4 is 22.9 Å². The number of likely N-dealkylation sites (N-methyl/N-ethyl adjacent to an activating group) is 1. The molecular weight excluding hydrogens is 292 g/mol. The lowest BCUT2D eigenvalue weighted by molar-refractivity contribution is -0.126. The zero-order valence-electron chi connectivity index (χ0n) is 13.4. The molecule has 122 valence electrons. The molecule has 0 fully saturated rings. The van der Waals surface area contributed by atoms with Gasteiger partial charge in [0, 0.05) is 42.2 Å². The van der Waals surface area contributed by atoms with E-state index in [-0.39, 0.29) is 25.7 Å². The molecule has 0 aliphatic heterocycles. The molecule has 1 amide bonds. The number of aliphatic hydroxyl groups excluding tert-OH is 2. The van der Waals surface area contributed by atoms with Gasteiger partial charge in [-0.25, -0.2) is 0 Å². The van der Waals surface area contributed by atoms with Crippen molar-refractivity contribution in [3.05, 3.63) is 48.2 Å². The van der Waals surface area contributed by atoms with Crippen molar-refractivity contribution in [2.45, 2.75) is 6.92 Å². The number of rotatable bonds is 6. The lowest BCUT2D eigenvalue weighted by atomic mass is 9.92. The number of carbonyl (C=O) groups excluding carboxylic acids is 1. The average Bonchev–Trinajstić information content (AvgIpc) is 2.59. The minimum Gasteiger partial charge on any atom is -0.396 e. The van der Waals surface area contributed by atoms with E-state index in [4.69, 9.17) is 0 Å². The molecule has 0 aliphatic carbocycles. The van der Waals surface area contributed by atoms with E-state index in [0.29, 0.717) is 0 Å². The molecule has 23 heavy (non-hydrogen) atoms. The number of para-hydroxylation sites is 1. The van der Waals surface area contributed by atoms with Gasteiger partial charge in [0.25, 0.3) is 0 Å². The number of hydrogen-bond donors (Lipinski definition) is 2. The smallest absolute Gasteiger partial charge is 0.246 e. The largest absolute Gasteiger partial charge is 0.396 e. The molecular formula is C18H22N2O3. The van der Waals surface area contributed by atoms with Crippen molar-refractivity contribution in [1.82, 2.24) is 9.88 Å². The maximum Gasteiger partial charge on any atom is 0.246 e. The Balaban J connectivity index is 2.14. The fourth-order valence-corrected chi connectivity index (χ4v) is 2.35. The first kappa shape index (κ1) is 17.1. The third-order valence-electron chi connectivity index (χ3n) is 3.83. The summed E-state index contributed by atoms with van der Waals surface area (Å²) in [7, 11) is 1.65. The van der Waals surface area contributed by atoms with Gasteiger partial charge in [-0.05, 0) is 12.1 Å². The second-order valence-electron chi connectivity index (χ2n) is 6.08. The molecule has 1 aromatic heterocycles. The zero-order valence-corrected chi connectivity index (χ0v) is 13.4. The van der Waals surface area contributed by atoms with Gasteiger partial charge in [-0.1, -0.05) is 31.2 Å². The molecule has 0 atom stereocenters. The van der Waals surface area contributed by atoms with Crippen LogP contribution in [0.2, 0.25) is 0 Å². The van der Waals surface area contributed by atoms with Crippen LogP contribution in [0.25, 0.3) is 17.0 Å². The first-order chi connectivity index (χ1) is 11.0. The number of pyridine rings is 1. The second-order valence-corrected chi connectivity index (χ2v) is 6.08. The molecule has 0 unspecified atom stereocenters. The average molecular weight is 314 g/mol. The Morgan fingerprint density at radius 3 is 2.65 bits per heavy atom. The van der Waals surface area contributed by atoms with Gasteiger partial charge in [0.15, 0.2) is 0 Å². The molecule has 0 saturated carbocycles. The van der Waals surface area contributed by atoms with Gasteiger partial charge in [0.05, 0.1) is 18.7 Å². The van der Waals surface area contributed by atoms with Crippen LogP contribution < -0.4 is 0 Å². The van der Waals surface area contributed by atoms with Crippen molar-refractivity contribution < 1.29 is 15.0 Å². The number of amides is 1. The Hall–Kier alpha value is -2.24. The molecule has 2 aromatic rings. The summed E-state index contributed by atoms with van der Waals surface area (Å²) in [6, 6.07) is 9.65. The summed E-state index contributed by atoms with van der Waals surface area (Å²) < 4.78 is 0. The van der Waals surface area contributed by atoms with Gasteiger partial charge in [-0.3, -0.25) is 9.78 Å². The van der Waals surface area contributed by atoms with Gasteiger partial charge >= 0.3 is 0 Å². The summed E-state index contributed by atoms with van der Waals surface area (Å²) in [5.74, 6) is -0.189. The first-order valence-electron chi connectivity index (χ1n) is 7.48. The molecule has 1 aromatic carbocycles. The van der Waals surface area contributed by atoms with E-state index in [1.54, 1.807) is 26.2 Å². The summed E-state index contributed by atoms with van der Waals surface area (Å²) in [6.07, 6.45) is 4.95. The van der Waals surface area contributed by atoms with Crippen LogP contribution in [-0.4, -0.2) is 52.8 Å². The maximum absolute atomic E-state index is 12.2. The molecule has 0 bridgehead atoms. The van der Waals surface area contributed by atoms with Gasteiger partial charge in [0.1, 0.15) is 0 Å². The van der Waals surface area contributed by atoms with E-state index in [1.165, 1.54) is 11.0 Å². The van der Waals surface area contributed by atoms with E-state index in [2.05, 4.69) is 4.98 Å². The maximum atomic E-state index is 12.2. The Morgan fingerprint density at radius 2 is 1.96 bits per heavy atom. The second kappa shape index (κ2) is 7.35. The first-order valence-corrected chi connectivity index (χ1v) is 7.48. The van der Waals surface area contributed by atoms with Crippen LogP contribution in [0.4, 0.5) is 0 Å². The van der Waals surface area contributed by atoms with E-state index in [0.717, 1.165) is 16.5 Å². The van der Waals surface area contributed by atoms with E-state index < -0.39 is 5.41 Å². The lowest BCUT2D eigenvalue weighted by Gasteiger charge is -2.29.